The number of rotatable bonds is 9. The second-order valence-electron chi connectivity index (χ2n) is 6.95. The standard InChI is InChI=1S/C24H26N2O4S/c1-3-30-22-16-14-21(15-17-22)26(31(28,29)23-12-8-5-9-13-23)18-24(27)25-19(2)20-10-6-4-7-11-20/h4-17,19H,3,18H2,1-2H3,(H,25,27). The highest BCUT2D eigenvalue weighted by atomic mass is 32.2. The highest BCUT2D eigenvalue weighted by Gasteiger charge is 2.27. The average molecular weight is 439 g/mol. The molecule has 1 unspecified atom stereocenters. The first kappa shape index (κ1) is 22.4. The van der Waals surface area contributed by atoms with E-state index in [1.165, 1.54) is 12.1 Å². The molecule has 1 atom stereocenters. The lowest BCUT2D eigenvalue weighted by atomic mass is 10.1. The molecule has 3 rings (SSSR count). The van der Waals surface area contributed by atoms with E-state index < -0.39 is 15.9 Å². The van der Waals surface area contributed by atoms with Gasteiger partial charge in [0.2, 0.25) is 5.91 Å². The lowest BCUT2D eigenvalue weighted by Gasteiger charge is -2.25. The van der Waals surface area contributed by atoms with Crippen molar-refractivity contribution in [3.63, 3.8) is 0 Å². The molecule has 3 aromatic carbocycles. The topological polar surface area (TPSA) is 75.7 Å². The van der Waals surface area contributed by atoms with E-state index in [9.17, 15) is 13.2 Å². The lowest BCUT2D eigenvalue weighted by Crippen LogP contribution is -2.41. The van der Waals surface area contributed by atoms with E-state index in [2.05, 4.69) is 5.32 Å². The van der Waals surface area contributed by atoms with Gasteiger partial charge in [0.05, 0.1) is 23.2 Å². The maximum atomic E-state index is 13.3. The minimum Gasteiger partial charge on any atom is -0.494 e. The molecule has 0 aliphatic heterocycles. The molecule has 1 N–H and O–H groups in total. The van der Waals surface area contributed by atoms with Gasteiger partial charge in [0.15, 0.2) is 0 Å². The molecule has 0 heterocycles. The van der Waals surface area contributed by atoms with Gasteiger partial charge in [0.25, 0.3) is 10.0 Å². The molecule has 7 heteroatoms. The van der Waals surface area contributed by atoms with Gasteiger partial charge in [0, 0.05) is 0 Å². The molecule has 1 amide bonds. The zero-order chi connectivity index (χ0) is 22.3. The van der Waals surface area contributed by atoms with Crippen molar-refractivity contribution < 1.29 is 17.9 Å². The van der Waals surface area contributed by atoms with Gasteiger partial charge in [0.1, 0.15) is 12.3 Å². The SMILES string of the molecule is CCOc1ccc(N(CC(=O)NC(C)c2ccccc2)S(=O)(=O)c2ccccc2)cc1. The van der Waals surface area contributed by atoms with Crippen LogP contribution in [0.3, 0.4) is 0 Å². The molecule has 31 heavy (non-hydrogen) atoms. The minimum absolute atomic E-state index is 0.118. The fraction of sp³-hybridized carbons (Fsp3) is 0.208. The molecular formula is C24H26N2O4S. The van der Waals surface area contributed by atoms with E-state index in [-0.39, 0.29) is 17.5 Å². The van der Waals surface area contributed by atoms with Crippen LogP contribution < -0.4 is 14.4 Å². The van der Waals surface area contributed by atoms with Gasteiger partial charge < -0.3 is 10.1 Å². The molecule has 0 aliphatic rings. The van der Waals surface area contributed by atoms with Gasteiger partial charge >= 0.3 is 0 Å². The summed E-state index contributed by atoms with van der Waals surface area (Å²) in [5, 5.41) is 2.88. The van der Waals surface area contributed by atoms with Crippen LogP contribution in [0, 0.1) is 0 Å². The van der Waals surface area contributed by atoms with Crippen LogP contribution in [-0.2, 0) is 14.8 Å². The Bertz CT molecular complexity index is 1090. The van der Waals surface area contributed by atoms with E-state index in [0.29, 0.717) is 18.0 Å². The van der Waals surface area contributed by atoms with E-state index in [1.807, 2.05) is 44.2 Å². The van der Waals surface area contributed by atoms with Gasteiger partial charge in [-0.3, -0.25) is 9.10 Å². The predicted molar refractivity (Wildman–Crippen MR) is 122 cm³/mol. The molecule has 0 spiro atoms. The second kappa shape index (κ2) is 10.1. The van der Waals surface area contributed by atoms with Crippen LogP contribution >= 0.6 is 0 Å². The molecule has 0 radical (unpaired) electrons. The van der Waals surface area contributed by atoms with Crippen LogP contribution in [0.4, 0.5) is 5.69 Å². The molecule has 0 saturated heterocycles. The predicted octanol–water partition coefficient (Wildman–Crippen LogP) is 4.16. The third-order valence-corrected chi connectivity index (χ3v) is 6.52. The van der Waals surface area contributed by atoms with Crippen LogP contribution in [0.25, 0.3) is 0 Å². The number of hydrogen-bond acceptors (Lipinski definition) is 4. The maximum absolute atomic E-state index is 13.3. The summed E-state index contributed by atoms with van der Waals surface area (Å²) in [6, 6.07) is 24.0. The summed E-state index contributed by atoms with van der Waals surface area (Å²) < 4.78 is 33.3. The first-order valence-electron chi connectivity index (χ1n) is 10.1. The van der Waals surface area contributed by atoms with Crippen molar-refractivity contribution in [3.8, 4) is 5.75 Å². The van der Waals surface area contributed by atoms with Gasteiger partial charge in [-0.25, -0.2) is 8.42 Å². The maximum Gasteiger partial charge on any atom is 0.264 e. The summed E-state index contributed by atoms with van der Waals surface area (Å²) in [4.78, 5) is 12.9. The van der Waals surface area contributed by atoms with Gasteiger partial charge in [-0.2, -0.15) is 0 Å². The fourth-order valence-corrected chi connectivity index (χ4v) is 4.59. The smallest absolute Gasteiger partial charge is 0.264 e. The van der Waals surface area contributed by atoms with Crippen molar-refractivity contribution in [3.05, 3.63) is 90.5 Å². The molecule has 0 aromatic heterocycles. The molecule has 0 saturated carbocycles. The summed E-state index contributed by atoms with van der Waals surface area (Å²) >= 11 is 0. The fourth-order valence-electron chi connectivity index (χ4n) is 3.15. The highest BCUT2D eigenvalue weighted by Crippen LogP contribution is 2.26. The average Bonchev–Trinajstić information content (AvgIpc) is 2.79. The largest absolute Gasteiger partial charge is 0.494 e. The second-order valence-corrected chi connectivity index (χ2v) is 8.81. The van der Waals surface area contributed by atoms with Gasteiger partial charge in [-0.15, -0.1) is 0 Å². The summed E-state index contributed by atoms with van der Waals surface area (Å²) in [5.41, 5.74) is 1.32. The van der Waals surface area contributed by atoms with Crippen LogP contribution in [-0.4, -0.2) is 27.5 Å². The molecule has 0 aliphatic carbocycles. The molecule has 3 aromatic rings. The van der Waals surface area contributed by atoms with Crippen molar-refractivity contribution in [2.75, 3.05) is 17.5 Å². The zero-order valence-corrected chi connectivity index (χ0v) is 18.4. The number of benzene rings is 3. The van der Waals surface area contributed by atoms with E-state index >= 15 is 0 Å². The Morgan fingerprint density at radius 1 is 0.935 bits per heavy atom. The zero-order valence-electron chi connectivity index (χ0n) is 17.6. The molecular weight excluding hydrogens is 412 g/mol. The summed E-state index contributed by atoms with van der Waals surface area (Å²) in [6.45, 7) is 3.89. The number of amides is 1. The highest BCUT2D eigenvalue weighted by molar-refractivity contribution is 7.92. The number of sulfonamides is 1. The summed E-state index contributed by atoms with van der Waals surface area (Å²) in [6.07, 6.45) is 0. The van der Waals surface area contributed by atoms with Crippen LogP contribution in [0.2, 0.25) is 0 Å². The number of hydrogen-bond donors (Lipinski definition) is 1. The summed E-state index contributed by atoms with van der Waals surface area (Å²) in [7, 11) is -3.94. The Morgan fingerprint density at radius 3 is 2.10 bits per heavy atom. The third kappa shape index (κ3) is 5.64. The number of nitrogens with one attached hydrogen (secondary N) is 1. The van der Waals surface area contributed by atoms with E-state index in [4.69, 9.17) is 4.74 Å². The molecule has 0 fully saturated rings. The third-order valence-electron chi connectivity index (χ3n) is 4.73. The van der Waals surface area contributed by atoms with Crippen molar-refractivity contribution in [1.82, 2.24) is 5.32 Å². The Kier molecular flexibility index (Phi) is 7.31. The first-order valence-corrected chi connectivity index (χ1v) is 11.5. The molecule has 0 bridgehead atoms. The number of carbonyl (C=O) groups is 1. The Morgan fingerprint density at radius 2 is 1.52 bits per heavy atom. The van der Waals surface area contributed by atoms with Gasteiger partial charge in [-0.05, 0) is 55.8 Å². The van der Waals surface area contributed by atoms with Crippen molar-refractivity contribution >= 4 is 21.6 Å². The number of anilines is 1. The molecule has 162 valence electrons. The van der Waals surface area contributed by atoms with Crippen LogP contribution in [0.5, 0.6) is 5.75 Å². The quantitative estimate of drug-likeness (QED) is 0.544. The van der Waals surface area contributed by atoms with E-state index in [0.717, 1.165) is 9.87 Å². The molecule has 6 nitrogen and oxygen atoms in total. The number of carbonyl (C=O) groups excluding carboxylic acids is 1. The Hall–Kier alpha value is -3.32. The van der Waals surface area contributed by atoms with Crippen molar-refractivity contribution in [2.24, 2.45) is 0 Å². The number of ether oxygens (including phenoxy) is 1. The number of nitrogens with zero attached hydrogens (tertiary/aromatic N) is 1. The monoisotopic (exact) mass is 438 g/mol. The van der Waals surface area contributed by atoms with Crippen LogP contribution in [0.15, 0.2) is 89.8 Å². The van der Waals surface area contributed by atoms with Crippen molar-refractivity contribution in [2.45, 2.75) is 24.8 Å². The normalized spacial score (nSPS) is 12.1. The minimum atomic E-state index is -3.94. The van der Waals surface area contributed by atoms with Crippen LogP contribution in [0.1, 0.15) is 25.5 Å². The lowest BCUT2D eigenvalue weighted by molar-refractivity contribution is -0.120. The van der Waals surface area contributed by atoms with Gasteiger partial charge in [-0.1, -0.05) is 48.5 Å². The Labute approximate surface area is 183 Å². The first-order chi connectivity index (χ1) is 14.9. The summed E-state index contributed by atoms with van der Waals surface area (Å²) in [5.74, 6) is 0.232. The van der Waals surface area contributed by atoms with E-state index in [1.54, 1.807) is 42.5 Å². The Balaban J connectivity index is 1.87. The van der Waals surface area contributed by atoms with Crippen molar-refractivity contribution in [1.29, 1.82) is 0 Å².